The standard InChI is InChI=1S/C26H25N3O4S/c1-5-18(4)28-25(30)24(34-26(28)27-19-8-6-16(2)7-9-19)15-21-11-13-23(33-21)22-12-10-20(29(31)32)14-17(22)3/h6-15,18H,5H2,1-4H3/b24-15+,27-26?/t18-/m1/s1. The van der Waals surface area contributed by atoms with Crippen LogP contribution in [-0.2, 0) is 4.79 Å². The average Bonchev–Trinajstić information content (AvgIpc) is 3.39. The van der Waals surface area contributed by atoms with E-state index in [4.69, 9.17) is 9.41 Å². The van der Waals surface area contributed by atoms with E-state index in [0.717, 1.165) is 28.8 Å². The van der Waals surface area contributed by atoms with E-state index < -0.39 is 4.92 Å². The Morgan fingerprint density at radius 2 is 1.88 bits per heavy atom. The van der Waals surface area contributed by atoms with Crippen LogP contribution in [0.4, 0.5) is 11.4 Å². The number of carbonyl (C=O) groups is 1. The summed E-state index contributed by atoms with van der Waals surface area (Å²) in [5.74, 6) is 1.01. The van der Waals surface area contributed by atoms with Gasteiger partial charge in [0, 0.05) is 29.8 Å². The molecule has 1 amide bonds. The van der Waals surface area contributed by atoms with Gasteiger partial charge in [-0.15, -0.1) is 0 Å². The van der Waals surface area contributed by atoms with E-state index in [1.807, 2.05) is 45.0 Å². The van der Waals surface area contributed by atoms with Crippen LogP contribution in [0.15, 0.2) is 68.9 Å². The number of carbonyl (C=O) groups excluding carboxylic acids is 1. The molecule has 2 aromatic carbocycles. The summed E-state index contributed by atoms with van der Waals surface area (Å²) in [5.41, 5.74) is 3.49. The lowest BCUT2D eigenvalue weighted by molar-refractivity contribution is -0.384. The van der Waals surface area contributed by atoms with Crippen molar-refractivity contribution in [2.75, 3.05) is 0 Å². The normalized spacial score (nSPS) is 17.1. The SMILES string of the molecule is CC[C@@H](C)N1C(=O)/C(=C\c2ccc(-c3ccc([N+](=O)[O-])cc3C)o2)SC1=Nc1ccc(C)cc1. The minimum Gasteiger partial charge on any atom is -0.457 e. The number of amides is 1. The maximum atomic E-state index is 13.2. The lowest BCUT2D eigenvalue weighted by Gasteiger charge is -2.22. The fourth-order valence-electron chi connectivity index (χ4n) is 3.61. The first-order chi connectivity index (χ1) is 16.3. The Balaban J connectivity index is 1.64. The van der Waals surface area contributed by atoms with Gasteiger partial charge in [0.05, 0.1) is 15.5 Å². The summed E-state index contributed by atoms with van der Waals surface area (Å²) in [5, 5.41) is 11.7. The molecule has 0 unspecified atom stereocenters. The monoisotopic (exact) mass is 475 g/mol. The molecule has 0 bridgehead atoms. The molecule has 3 aromatic rings. The molecule has 7 nitrogen and oxygen atoms in total. The largest absolute Gasteiger partial charge is 0.457 e. The van der Waals surface area contributed by atoms with E-state index in [1.165, 1.54) is 23.9 Å². The lowest BCUT2D eigenvalue weighted by Crippen LogP contribution is -2.36. The van der Waals surface area contributed by atoms with Gasteiger partial charge in [0.25, 0.3) is 11.6 Å². The zero-order valence-electron chi connectivity index (χ0n) is 19.4. The van der Waals surface area contributed by atoms with Crippen molar-refractivity contribution < 1.29 is 14.1 Å². The molecule has 1 aromatic heterocycles. The summed E-state index contributed by atoms with van der Waals surface area (Å²) in [6.07, 6.45) is 2.53. The van der Waals surface area contributed by atoms with Gasteiger partial charge in [-0.1, -0.05) is 24.6 Å². The maximum absolute atomic E-state index is 13.2. The number of hydrogen-bond donors (Lipinski definition) is 0. The van der Waals surface area contributed by atoms with Gasteiger partial charge in [-0.3, -0.25) is 19.8 Å². The Hall–Kier alpha value is -3.65. The van der Waals surface area contributed by atoms with Gasteiger partial charge in [0.2, 0.25) is 0 Å². The van der Waals surface area contributed by atoms with Crippen molar-refractivity contribution in [1.82, 2.24) is 4.90 Å². The van der Waals surface area contributed by atoms with Crippen molar-refractivity contribution in [1.29, 1.82) is 0 Å². The average molecular weight is 476 g/mol. The Bertz CT molecular complexity index is 1310. The molecule has 1 aliphatic rings. The summed E-state index contributed by atoms with van der Waals surface area (Å²) in [4.78, 5) is 30.8. The summed E-state index contributed by atoms with van der Waals surface area (Å²) in [6, 6.07) is 16.1. The number of hydrogen-bond acceptors (Lipinski definition) is 6. The molecule has 4 rings (SSSR count). The molecule has 0 spiro atoms. The number of nitro groups is 1. The molecule has 1 atom stereocenters. The Kier molecular flexibility index (Phi) is 6.70. The van der Waals surface area contributed by atoms with E-state index in [0.29, 0.717) is 21.6 Å². The first kappa shape index (κ1) is 23.5. The van der Waals surface area contributed by atoms with Crippen LogP contribution in [0, 0.1) is 24.0 Å². The van der Waals surface area contributed by atoms with Crippen molar-refractivity contribution in [3.8, 4) is 11.3 Å². The third kappa shape index (κ3) is 4.82. The molecular formula is C26H25N3O4S. The highest BCUT2D eigenvalue weighted by molar-refractivity contribution is 8.18. The molecule has 1 aliphatic heterocycles. The zero-order chi connectivity index (χ0) is 24.4. The van der Waals surface area contributed by atoms with Crippen LogP contribution in [0.5, 0.6) is 0 Å². The highest BCUT2D eigenvalue weighted by Crippen LogP contribution is 2.37. The minimum atomic E-state index is -0.420. The van der Waals surface area contributed by atoms with Gasteiger partial charge < -0.3 is 4.42 Å². The first-order valence-electron chi connectivity index (χ1n) is 11.0. The van der Waals surface area contributed by atoms with Gasteiger partial charge in [-0.05, 0) is 74.8 Å². The van der Waals surface area contributed by atoms with Crippen molar-refractivity contribution in [2.45, 2.75) is 40.2 Å². The van der Waals surface area contributed by atoms with Crippen LogP contribution in [-0.4, -0.2) is 26.9 Å². The maximum Gasteiger partial charge on any atom is 0.269 e. The minimum absolute atomic E-state index is 0.00465. The molecule has 2 heterocycles. The third-order valence-electron chi connectivity index (χ3n) is 5.71. The van der Waals surface area contributed by atoms with Gasteiger partial charge >= 0.3 is 0 Å². The van der Waals surface area contributed by atoms with Crippen LogP contribution >= 0.6 is 11.8 Å². The molecule has 1 saturated heterocycles. The highest BCUT2D eigenvalue weighted by Gasteiger charge is 2.36. The number of thioether (sulfide) groups is 1. The van der Waals surface area contributed by atoms with Crippen molar-refractivity contribution in [3.05, 3.63) is 86.5 Å². The smallest absolute Gasteiger partial charge is 0.269 e. The van der Waals surface area contributed by atoms with Gasteiger partial charge in [-0.2, -0.15) is 0 Å². The zero-order valence-corrected chi connectivity index (χ0v) is 20.3. The number of aliphatic imine (C=N–C) groups is 1. The fourth-order valence-corrected chi connectivity index (χ4v) is 4.68. The molecule has 0 aliphatic carbocycles. The quantitative estimate of drug-likeness (QED) is 0.220. The second kappa shape index (κ2) is 9.69. The molecule has 174 valence electrons. The number of benzene rings is 2. The van der Waals surface area contributed by atoms with Crippen molar-refractivity contribution in [3.63, 3.8) is 0 Å². The summed E-state index contributed by atoms with van der Waals surface area (Å²) in [6.45, 7) is 7.87. The molecular weight excluding hydrogens is 450 g/mol. The molecule has 8 heteroatoms. The Morgan fingerprint density at radius 1 is 1.15 bits per heavy atom. The second-order valence-electron chi connectivity index (χ2n) is 8.23. The lowest BCUT2D eigenvalue weighted by atomic mass is 10.1. The number of nitro benzene ring substituents is 1. The van der Waals surface area contributed by atoms with E-state index in [1.54, 1.807) is 36.1 Å². The Morgan fingerprint density at radius 3 is 2.53 bits per heavy atom. The molecule has 0 radical (unpaired) electrons. The van der Waals surface area contributed by atoms with Crippen LogP contribution in [0.2, 0.25) is 0 Å². The predicted octanol–water partition coefficient (Wildman–Crippen LogP) is 6.87. The summed E-state index contributed by atoms with van der Waals surface area (Å²) < 4.78 is 5.98. The van der Waals surface area contributed by atoms with Crippen molar-refractivity contribution in [2.24, 2.45) is 4.99 Å². The number of aryl methyl sites for hydroxylation is 2. The summed E-state index contributed by atoms with van der Waals surface area (Å²) >= 11 is 1.33. The molecule has 1 fully saturated rings. The molecule has 34 heavy (non-hydrogen) atoms. The second-order valence-corrected chi connectivity index (χ2v) is 9.24. The third-order valence-corrected chi connectivity index (χ3v) is 6.70. The number of furan rings is 1. The number of non-ortho nitro benzene ring substituents is 1. The topological polar surface area (TPSA) is 89.0 Å². The van der Waals surface area contributed by atoms with E-state index in [2.05, 4.69) is 0 Å². The summed E-state index contributed by atoms with van der Waals surface area (Å²) in [7, 11) is 0. The van der Waals surface area contributed by atoms with Gasteiger partial charge in [-0.25, -0.2) is 4.99 Å². The molecule has 0 N–H and O–H groups in total. The van der Waals surface area contributed by atoms with E-state index in [9.17, 15) is 14.9 Å². The van der Waals surface area contributed by atoms with E-state index in [-0.39, 0.29) is 17.6 Å². The van der Waals surface area contributed by atoms with Gasteiger partial charge in [0.15, 0.2) is 5.17 Å². The van der Waals surface area contributed by atoms with Gasteiger partial charge in [0.1, 0.15) is 11.5 Å². The first-order valence-corrected chi connectivity index (χ1v) is 11.8. The predicted molar refractivity (Wildman–Crippen MR) is 136 cm³/mol. The number of rotatable bonds is 6. The highest BCUT2D eigenvalue weighted by atomic mass is 32.2. The van der Waals surface area contributed by atoms with Crippen LogP contribution in [0.25, 0.3) is 17.4 Å². The van der Waals surface area contributed by atoms with Crippen molar-refractivity contribution >= 4 is 40.3 Å². The fraction of sp³-hybridized carbons (Fsp3) is 0.231. The van der Waals surface area contributed by atoms with Crippen LogP contribution in [0.1, 0.15) is 37.2 Å². The number of amidine groups is 1. The van der Waals surface area contributed by atoms with Crippen LogP contribution < -0.4 is 0 Å². The van der Waals surface area contributed by atoms with E-state index >= 15 is 0 Å². The molecule has 0 saturated carbocycles. The number of nitrogens with zero attached hydrogens (tertiary/aromatic N) is 3. The Labute approximate surface area is 202 Å². The van der Waals surface area contributed by atoms with Crippen LogP contribution in [0.3, 0.4) is 0 Å².